The topological polar surface area (TPSA) is 35.8 Å². The van der Waals surface area contributed by atoms with Crippen molar-refractivity contribution in [2.45, 2.75) is 84.2 Å². The van der Waals surface area contributed by atoms with Crippen molar-refractivity contribution in [1.82, 2.24) is 5.32 Å². The summed E-state index contributed by atoms with van der Waals surface area (Å²) in [4.78, 5) is 0. The number of nitrogens with zero attached hydrogens (tertiary/aromatic N) is 1. The van der Waals surface area contributed by atoms with Gasteiger partial charge in [0.15, 0.2) is 0 Å². The number of hydrogen-bond acceptors (Lipinski definition) is 2. The Morgan fingerprint density at radius 2 is 1.68 bits per heavy atom. The SMILES string of the molecule is CC(C)(C)C1CCCC(NC2CCCC2C#N)CC1. The minimum Gasteiger partial charge on any atom is -0.310 e. The molecule has 2 aliphatic carbocycles. The van der Waals surface area contributed by atoms with E-state index in [1.807, 2.05) is 0 Å². The summed E-state index contributed by atoms with van der Waals surface area (Å²) in [5.41, 5.74) is 0.456. The standard InChI is InChI=1S/C17H30N2/c1-17(2,3)14-7-5-8-15(11-10-14)19-16-9-4-6-13(16)12-18/h13-16,19H,4-11H2,1-3H3. The van der Waals surface area contributed by atoms with Crippen LogP contribution in [0.4, 0.5) is 0 Å². The minimum atomic E-state index is 0.265. The second kappa shape index (κ2) is 6.27. The van der Waals surface area contributed by atoms with Crippen LogP contribution >= 0.6 is 0 Å². The maximum atomic E-state index is 9.18. The molecule has 19 heavy (non-hydrogen) atoms. The molecule has 0 spiro atoms. The Morgan fingerprint density at radius 1 is 0.947 bits per heavy atom. The molecule has 108 valence electrons. The summed E-state index contributed by atoms with van der Waals surface area (Å²) < 4.78 is 0. The highest BCUT2D eigenvalue weighted by atomic mass is 15.0. The van der Waals surface area contributed by atoms with Crippen molar-refractivity contribution in [3.8, 4) is 6.07 Å². The lowest BCUT2D eigenvalue weighted by Crippen LogP contribution is -2.40. The van der Waals surface area contributed by atoms with Gasteiger partial charge in [0, 0.05) is 12.1 Å². The van der Waals surface area contributed by atoms with Gasteiger partial charge in [0.2, 0.25) is 0 Å². The van der Waals surface area contributed by atoms with Gasteiger partial charge in [-0.2, -0.15) is 5.26 Å². The molecule has 2 fully saturated rings. The Balaban J connectivity index is 1.85. The Hall–Kier alpha value is -0.550. The first kappa shape index (κ1) is 14.9. The molecule has 0 aromatic rings. The third-order valence-corrected chi connectivity index (χ3v) is 5.33. The van der Waals surface area contributed by atoms with Crippen LogP contribution in [0.5, 0.6) is 0 Å². The van der Waals surface area contributed by atoms with Gasteiger partial charge in [-0.15, -0.1) is 0 Å². The van der Waals surface area contributed by atoms with Crippen molar-refractivity contribution >= 4 is 0 Å². The van der Waals surface area contributed by atoms with Crippen molar-refractivity contribution in [1.29, 1.82) is 5.26 Å². The van der Waals surface area contributed by atoms with Gasteiger partial charge in [-0.1, -0.05) is 33.6 Å². The molecular formula is C17H30N2. The van der Waals surface area contributed by atoms with Gasteiger partial charge in [-0.25, -0.2) is 0 Å². The first-order valence-corrected chi connectivity index (χ1v) is 8.16. The lowest BCUT2D eigenvalue weighted by Gasteiger charge is -2.30. The van der Waals surface area contributed by atoms with Crippen LogP contribution in [0.3, 0.4) is 0 Å². The zero-order chi connectivity index (χ0) is 13.9. The van der Waals surface area contributed by atoms with Crippen molar-refractivity contribution in [3.63, 3.8) is 0 Å². The Labute approximate surface area is 119 Å². The maximum Gasteiger partial charge on any atom is 0.0672 e. The molecule has 2 heteroatoms. The molecule has 1 N–H and O–H groups in total. The maximum absolute atomic E-state index is 9.18. The smallest absolute Gasteiger partial charge is 0.0672 e. The monoisotopic (exact) mass is 262 g/mol. The van der Waals surface area contributed by atoms with Crippen LogP contribution in [0.1, 0.15) is 72.1 Å². The molecule has 0 saturated heterocycles. The number of nitrogens with one attached hydrogen (secondary N) is 1. The summed E-state index contributed by atoms with van der Waals surface area (Å²) in [6.07, 6.45) is 10.2. The molecule has 2 aliphatic rings. The molecule has 2 nitrogen and oxygen atoms in total. The summed E-state index contributed by atoms with van der Waals surface area (Å²) in [6.45, 7) is 7.15. The lowest BCUT2D eigenvalue weighted by atomic mass is 9.76. The fraction of sp³-hybridized carbons (Fsp3) is 0.941. The summed E-state index contributed by atoms with van der Waals surface area (Å²) >= 11 is 0. The van der Waals surface area contributed by atoms with Gasteiger partial charge in [0.05, 0.1) is 12.0 Å². The van der Waals surface area contributed by atoms with E-state index in [-0.39, 0.29) is 5.92 Å². The average molecular weight is 262 g/mol. The fourth-order valence-electron chi connectivity index (χ4n) is 3.95. The molecule has 0 radical (unpaired) electrons. The van der Waals surface area contributed by atoms with Gasteiger partial charge >= 0.3 is 0 Å². The molecule has 2 saturated carbocycles. The van der Waals surface area contributed by atoms with Crippen LogP contribution in [0.15, 0.2) is 0 Å². The second-order valence-corrected chi connectivity index (χ2v) is 7.71. The Kier molecular flexibility index (Phi) is 4.90. The van der Waals surface area contributed by atoms with Gasteiger partial charge in [-0.3, -0.25) is 0 Å². The van der Waals surface area contributed by atoms with Crippen LogP contribution in [-0.4, -0.2) is 12.1 Å². The van der Waals surface area contributed by atoms with Crippen LogP contribution in [-0.2, 0) is 0 Å². The van der Waals surface area contributed by atoms with Crippen molar-refractivity contribution in [2.24, 2.45) is 17.3 Å². The normalized spacial score (nSPS) is 36.7. The molecule has 0 amide bonds. The fourth-order valence-corrected chi connectivity index (χ4v) is 3.95. The lowest BCUT2D eigenvalue weighted by molar-refractivity contribution is 0.213. The molecule has 0 heterocycles. The van der Waals surface area contributed by atoms with Gasteiger partial charge in [0.25, 0.3) is 0 Å². The Bertz CT molecular complexity index is 323. The van der Waals surface area contributed by atoms with E-state index >= 15 is 0 Å². The summed E-state index contributed by atoms with van der Waals surface area (Å²) in [7, 11) is 0. The minimum absolute atomic E-state index is 0.265. The molecule has 4 unspecified atom stereocenters. The highest BCUT2D eigenvalue weighted by molar-refractivity contribution is 4.97. The van der Waals surface area contributed by atoms with E-state index in [4.69, 9.17) is 0 Å². The van der Waals surface area contributed by atoms with Crippen molar-refractivity contribution in [3.05, 3.63) is 0 Å². The number of nitriles is 1. The van der Waals surface area contributed by atoms with Crippen LogP contribution < -0.4 is 5.32 Å². The van der Waals surface area contributed by atoms with E-state index in [0.717, 1.165) is 12.3 Å². The van der Waals surface area contributed by atoms with Crippen molar-refractivity contribution < 1.29 is 0 Å². The first-order chi connectivity index (χ1) is 9.00. The summed E-state index contributed by atoms with van der Waals surface area (Å²) in [5.74, 6) is 1.14. The molecule has 0 bridgehead atoms. The highest BCUT2D eigenvalue weighted by Crippen LogP contribution is 2.37. The third kappa shape index (κ3) is 3.96. The third-order valence-electron chi connectivity index (χ3n) is 5.33. The predicted molar refractivity (Wildman–Crippen MR) is 79.7 cm³/mol. The molecule has 2 rings (SSSR count). The van der Waals surface area contributed by atoms with Crippen molar-refractivity contribution in [2.75, 3.05) is 0 Å². The molecule has 4 atom stereocenters. The molecule has 0 aromatic heterocycles. The summed E-state index contributed by atoms with van der Waals surface area (Å²) in [6, 6.07) is 3.62. The van der Waals surface area contributed by atoms with E-state index in [1.54, 1.807) is 0 Å². The largest absolute Gasteiger partial charge is 0.310 e. The van der Waals surface area contributed by atoms with Crippen LogP contribution in [0.25, 0.3) is 0 Å². The number of rotatable bonds is 2. The zero-order valence-electron chi connectivity index (χ0n) is 12.9. The van der Waals surface area contributed by atoms with E-state index in [2.05, 4.69) is 32.2 Å². The first-order valence-electron chi connectivity index (χ1n) is 8.16. The van der Waals surface area contributed by atoms with E-state index in [1.165, 1.54) is 44.9 Å². The van der Waals surface area contributed by atoms with E-state index < -0.39 is 0 Å². The average Bonchev–Trinajstić information content (AvgIpc) is 2.63. The Morgan fingerprint density at radius 3 is 2.37 bits per heavy atom. The van der Waals surface area contributed by atoms with Gasteiger partial charge < -0.3 is 5.32 Å². The van der Waals surface area contributed by atoms with Gasteiger partial charge in [0.1, 0.15) is 0 Å². The van der Waals surface area contributed by atoms with Crippen LogP contribution in [0, 0.1) is 28.6 Å². The molecule has 0 aliphatic heterocycles. The zero-order valence-corrected chi connectivity index (χ0v) is 12.9. The highest BCUT2D eigenvalue weighted by Gasteiger charge is 2.31. The second-order valence-electron chi connectivity index (χ2n) is 7.71. The molecule has 0 aromatic carbocycles. The molecular weight excluding hydrogens is 232 g/mol. The summed E-state index contributed by atoms with van der Waals surface area (Å²) in [5, 5.41) is 13.0. The van der Waals surface area contributed by atoms with Crippen LogP contribution in [0.2, 0.25) is 0 Å². The quantitative estimate of drug-likeness (QED) is 0.755. The predicted octanol–water partition coefficient (Wildman–Crippen LogP) is 4.26. The van der Waals surface area contributed by atoms with E-state index in [9.17, 15) is 5.26 Å². The van der Waals surface area contributed by atoms with E-state index in [0.29, 0.717) is 17.5 Å². The number of hydrogen-bond donors (Lipinski definition) is 1. The van der Waals surface area contributed by atoms with Gasteiger partial charge in [-0.05, 0) is 49.9 Å².